The minimum absolute atomic E-state index is 0.219. The van der Waals surface area contributed by atoms with Gasteiger partial charge in [0.2, 0.25) is 5.76 Å². The van der Waals surface area contributed by atoms with Crippen LogP contribution in [0.5, 0.6) is 0 Å². The van der Waals surface area contributed by atoms with Crippen LogP contribution in [0.3, 0.4) is 0 Å². The first-order valence-electron chi connectivity index (χ1n) is 6.56. The number of rotatable bonds is 4. The third-order valence-electron chi connectivity index (χ3n) is 3.54. The van der Waals surface area contributed by atoms with E-state index >= 15 is 0 Å². The number of carbonyl (C=O) groups is 2. The Morgan fingerprint density at radius 2 is 2.15 bits per heavy atom. The van der Waals surface area contributed by atoms with Crippen LogP contribution in [0, 0.1) is 6.92 Å². The van der Waals surface area contributed by atoms with Gasteiger partial charge < -0.3 is 13.9 Å². The summed E-state index contributed by atoms with van der Waals surface area (Å²) >= 11 is 0. The summed E-state index contributed by atoms with van der Waals surface area (Å²) in [6.45, 7) is 3.09. The topological polar surface area (TPSA) is 69.0 Å². The summed E-state index contributed by atoms with van der Waals surface area (Å²) in [6.07, 6.45) is 1.74. The molecule has 0 saturated carbocycles. The monoisotopic (exact) mass is 281 g/mol. The number of ether oxygens (including phenoxy) is 2. The van der Waals surface area contributed by atoms with E-state index < -0.39 is 5.97 Å². The van der Waals surface area contributed by atoms with Crippen LogP contribution in [0.25, 0.3) is 0 Å². The van der Waals surface area contributed by atoms with Gasteiger partial charge in [-0.1, -0.05) is 0 Å². The zero-order valence-electron chi connectivity index (χ0n) is 12.0. The molecule has 2 heterocycles. The van der Waals surface area contributed by atoms with E-state index in [0.717, 1.165) is 24.9 Å². The summed E-state index contributed by atoms with van der Waals surface area (Å²) in [6, 6.07) is 1.57. The maximum absolute atomic E-state index is 11.7. The maximum atomic E-state index is 11.7. The summed E-state index contributed by atoms with van der Waals surface area (Å²) in [5.74, 6) is 0.161. The van der Waals surface area contributed by atoms with Gasteiger partial charge in [0, 0.05) is 5.56 Å². The summed E-state index contributed by atoms with van der Waals surface area (Å²) in [4.78, 5) is 25.2. The number of hydrogen-bond donors (Lipinski definition) is 0. The Bertz CT molecular complexity index is 508. The first-order chi connectivity index (χ1) is 9.56. The highest BCUT2D eigenvalue weighted by Crippen LogP contribution is 2.23. The zero-order valence-corrected chi connectivity index (χ0v) is 12.0. The Morgan fingerprint density at radius 1 is 1.40 bits per heavy atom. The second kappa shape index (κ2) is 6.09. The van der Waals surface area contributed by atoms with Crippen molar-refractivity contribution >= 4 is 11.9 Å². The minimum Gasteiger partial charge on any atom is -0.468 e. The third-order valence-corrected chi connectivity index (χ3v) is 3.54. The van der Waals surface area contributed by atoms with E-state index in [1.165, 1.54) is 14.2 Å². The fraction of sp³-hybridized carbons (Fsp3) is 0.571. The molecule has 0 N–H and O–H groups in total. The van der Waals surface area contributed by atoms with E-state index in [1.54, 1.807) is 13.0 Å². The summed E-state index contributed by atoms with van der Waals surface area (Å²) in [5.41, 5.74) is 0.737. The molecule has 1 aliphatic heterocycles. The Balaban J connectivity index is 2.10. The van der Waals surface area contributed by atoms with Gasteiger partial charge in [-0.3, -0.25) is 9.69 Å². The van der Waals surface area contributed by atoms with Gasteiger partial charge in [0.25, 0.3) is 0 Å². The molecule has 0 amide bonds. The lowest BCUT2D eigenvalue weighted by atomic mass is 10.2. The van der Waals surface area contributed by atoms with Gasteiger partial charge >= 0.3 is 11.9 Å². The first kappa shape index (κ1) is 14.6. The first-order valence-corrected chi connectivity index (χ1v) is 6.56. The van der Waals surface area contributed by atoms with Crippen molar-refractivity contribution in [1.29, 1.82) is 0 Å². The number of nitrogens with zero attached hydrogens (tertiary/aromatic N) is 1. The highest BCUT2D eigenvalue weighted by molar-refractivity contribution is 5.87. The van der Waals surface area contributed by atoms with Crippen molar-refractivity contribution in [2.75, 3.05) is 20.8 Å². The summed E-state index contributed by atoms with van der Waals surface area (Å²) in [5, 5.41) is 0. The molecule has 1 aromatic rings. The van der Waals surface area contributed by atoms with Crippen molar-refractivity contribution in [1.82, 2.24) is 4.90 Å². The van der Waals surface area contributed by atoms with Crippen molar-refractivity contribution in [3.63, 3.8) is 0 Å². The minimum atomic E-state index is -0.486. The molecule has 0 aliphatic carbocycles. The fourth-order valence-electron chi connectivity index (χ4n) is 2.54. The summed E-state index contributed by atoms with van der Waals surface area (Å²) in [7, 11) is 2.71. The van der Waals surface area contributed by atoms with Crippen LogP contribution in [0.1, 0.15) is 34.7 Å². The molecule has 1 unspecified atom stereocenters. The predicted octanol–water partition coefficient (Wildman–Crippen LogP) is 1.51. The molecule has 1 aliphatic rings. The molecule has 0 bridgehead atoms. The lowest BCUT2D eigenvalue weighted by molar-refractivity contribution is -0.146. The Labute approximate surface area is 117 Å². The molecule has 1 saturated heterocycles. The van der Waals surface area contributed by atoms with Crippen LogP contribution in [0.2, 0.25) is 0 Å². The van der Waals surface area contributed by atoms with Gasteiger partial charge in [0.1, 0.15) is 11.8 Å². The molecule has 20 heavy (non-hydrogen) atoms. The molecule has 1 atom stereocenters. The lowest BCUT2D eigenvalue weighted by Gasteiger charge is -2.20. The number of furan rings is 1. The quantitative estimate of drug-likeness (QED) is 0.779. The van der Waals surface area contributed by atoms with Crippen LogP contribution in [0.15, 0.2) is 10.5 Å². The molecule has 6 heteroatoms. The molecule has 0 radical (unpaired) electrons. The molecular formula is C14H19NO5. The zero-order chi connectivity index (χ0) is 14.7. The average molecular weight is 281 g/mol. The number of methoxy groups -OCH3 is 2. The van der Waals surface area contributed by atoms with Gasteiger partial charge in [0.15, 0.2) is 0 Å². The molecular weight excluding hydrogens is 262 g/mol. The smallest absolute Gasteiger partial charge is 0.374 e. The van der Waals surface area contributed by atoms with Crippen molar-refractivity contribution in [2.24, 2.45) is 0 Å². The Hall–Kier alpha value is -1.82. The van der Waals surface area contributed by atoms with Gasteiger partial charge in [-0.2, -0.15) is 0 Å². The summed E-state index contributed by atoms with van der Waals surface area (Å²) < 4.78 is 15.0. The van der Waals surface area contributed by atoms with Crippen LogP contribution < -0.4 is 0 Å². The maximum Gasteiger partial charge on any atom is 0.374 e. The van der Waals surface area contributed by atoms with E-state index in [4.69, 9.17) is 9.15 Å². The highest BCUT2D eigenvalue weighted by atomic mass is 16.5. The van der Waals surface area contributed by atoms with Crippen LogP contribution >= 0.6 is 0 Å². The van der Waals surface area contributed by atoms with Crippen molar-refractivity contribution in [3.8, 4) is 0 Å². The largest absolute Gasteiger partial charge is 0.468 e. The van der Waals surface area contributed by atoms with E-state index in [2.05, 4.69) is 4.74 Å². The van der Waals surface area contributed by atoms with Crippen LogP contribution in [0.4, 0.5) is 0 Å². The number of esters is 2. The Kier molecular flexibility index (Phi) is 4.44. The van der Waals surface area contributed by atoms with E-state index in [0.29, 0.717) is 12.3 Å². The van der Waals surface area contributed by atoms with Crippen LogP contribution in [-0.4, -0.2) is 43.6 Å². The number of hydrogen-bond acceptors (Lipinski definition) is 6. The number of likely N-dealkylation sites (tertiary alicyclic amines) is 1. The van der Waals surface area contributed by atoms with Crippen molar-refractivity contribution < 1.29 is 23.5 Å². The second-order valence-corrected chi connectivity index (χ2v) is 4.87. The van der Waals surface area contributed by atoms with E-state index in [9.17, 15) is 9.59 Å². The second-order valence-electron chi connectivity index (χ2n) is 4.87. The van der Waals surface area contributed by atoms with E-state index in [-0.39, 0.29) is 17.8 Å². The van der Waals surface area contributed by atoms with E-state index in [1.807, 2.05) is 4.90 Å². The highest BCUT2D eigenvalue weighted by Gasteiger charge is 2.32. The SMILES string of the molecule is COC(=O)c1oc(CN2CCCC2C(=O)OC)cc1C. The molecule has 0 aromatic carbocycles. The Morgan fingerprint density at radius 3 is 2.80 bits per heavy atom. The number of carbonyl (C=O) groups excluding carboxylic acids is 2. The number of aryl methyl sites for hydroxylation is 1. The van der Waals surface area contributed by atoms with Crippen molar-refractivity contribution in [3.05, 3.63) is 23.2 Å². The third kappa shape index (κ3) is 2.85. The van der Waals surface area contributed by atoms with Gasteiger partial charge in [-0.15, -0.1) is 0 Å². The molecule has 1 fully saturated rings. The standard InChI is InChI=1S/C14H19NO5/c1-9-7-10(20-12(9)14(17)19-3)8-15-6-4-5-11(15)13(16)18-2/h7,11H,4-6,8H2,1-3H3. The predicted molar refractivity (Wildman–Crippen MR) is 70.2 cm³/mol. The molecule has 0 spiro atoms. The lowest BCUT2D eigenvalue weighted by Crippen LogP contribution is -2.36. The molecule has 110 valence electrons. The van der Waals surface area contributed by atoms with Crippen molar-refractivity contribution in [2.45, 2.75) is 32.4 Å². The molecule has 2 rings (SSSR count). The van der Waals surface area contributed by atoms with Crippen LogP contribution in [-0.2, 0) is 20.8 Å². The molecule has 6 nitrogen and oxygen atoms in total. The van der Waals surface area contributed by atoms with Gasteiger partial charge in [0.05, 0.1) is 20.8 Å². The van der Waals surface area contributed by atoms with Gasteiger partial charge in [-0.25, -0.2) is 4.79 Å². The van der Waals surface area contributed by atoms with Gasteiger partial charge in [-0.05, 0) is 32.4 Å². The molecule has 1 aromatic heterocycles. The average Bonchev–Trinajstić information content (AvgIpc) is 3.04. The fourth-order valence-corrected chi connectivity index (χ4v) is 2.54. The normalized spacial score (nSPS) is 19.1.